The Hall–Kier alpha value is -0.130. The summed E-state index contributed by atoms with van der Waals surface area (Å²) in [4.78, 5) is 0. The van der Waals surface area contributed by atoms with Crippen LogP contribution in [0.25, 0.3) is 0 Å². The first-order valence-electron chi connectivity index (χ1n) is 3.03. The van der Waals surface area contributed by atoms with Crippen molar-refractivity contribution >= 4 is 35.2 Å². The predicted octanol–water partition coefficient (Wildman–Crippen LogP) is 2.40. The lowest BCUT2D eigenvalue weighted by atomic mass is 10.1. The second kappa shape index (κ2) is 5.64. The van der Waals surface area contributed by atoms with Crippen molar-refractivity contribution in [2.75, 3.05) is 0 Å². The van der Waals surface area contributed by atoms with Gasteiger partial charge in [-0.05, 0) is 5.92 Å². The second-order valence-electron chi connectivity index (χ2n) is 2.34. The Morgan fingerprint density at radius 3 is 2.80 bits per heavy atom. The van der Waals surface area contributed by atoms with Gasteiger partial charge in [0.1, 0.15) is 0 Å². The van der Waals surface area contributed by atoms with Gasteiger partial charge in [0.15, 0.2) is 12.3 Å². The highest BCUT2D eigenvalue weighted by atomic mass is 127. The van der Waals surface area contributed by atoms with Gasteiger partial charge in [-0.1, -0.05) is 13.8 Å². The summed E-state index contributed by atoms with van der Waals surface area (Å²) in [5.41, 5.74) is 0. The molecule has 0 aromatic heterocycles. The number of ether oxygens (including phenoxy) is 1. The molecule has 0 aliphatic rings. The molecule has 0 unspecified atom stereocenters. The van der Waals surface area contributed by atoms with Crippen LogP contribution in [0.2, 0.25) is 0 Å². The van der Waals surface area contributed by atoms with Gasteiger partial charge < -0.3 is 4.74 Å². The van der Waals surface area contributed by atoms with Crippen LogP contribution in [0.1, 0.15) is 20.3 Å². The molecule has 0 saturated heterocycles. The molecule has 0 aromatic carbocycles. The first-order valence-corrected chi connectivity index (χ1v) is 4.00. The summed E-state index contributed by atoms with van der Waals surface area (Å²) in [5, 5.41) is 7.21. The molecule has 0 aromatic rings. The summed E-state index contributed by atoms with van der Waals surface area (Å²) in [6.07, 6.45) is 1.94. The van der Waals surface area contributed by atoms with Crippen molar-refractivity contribution in [3.05, 3.63) is 0 Å². The van der Waals surface area contributed by atoms with Gasteiger partial charge in [-0.3, -0.25) is 5.41 Å². The zero-order valence-corrected chi connectivity index (χ0v) is 8.25. The lowest BCUT2D eigenvalue weighted by Gasteiger charge is -2.02. The third-order valence-corrected chi connectivity index (χ3v) is 1.06. The van der Waals surface area contributed by atoms with Crippen LogP contribution in [0.5, 0.6) is 0 Å². The standard InChI is InChI=1S/C6H11IN2O/c1-5(2)3-6(8)10-4-9-7/h4-5,8H,3H2,1-2H3. The summed E-state index contributed by atoms with van der Waals surface area (Å²) in [7, 11) is 0. The van der Waals surface area contributed by atoms with E-state index in [-0.39, 0.29) is 5.90 Å². The Labute approximate surface area is 74.9 Å². The molecule has 0 saturated carbocycles. The van der Waals surface area contributed by atoms with Crippen LogP contribution < -0.4 is 0 Å². The van der Waals surface area contributed by atoms with E-state index in [1.807, 2.05) is 13.8 Å². The molecule has 1 N–H and O–H groups in total. The van der Waals surface area contributed by atoms with E-state index in [1.54, 1.807) is 22.9 Å². The fraction of sp³-hybridized carbons (Fsp3) is 0.667. The van der Waals surface area contributed by atoms with Crippen LogP contribution >= 0.6 is 22.9 Å². The van der Waals surface area contributed by atoms with Crippen molar-refractivity contribution in [1.82, 2.24) is 0 Å². The minimum absolute atomic E-state index is 0.274. The zero-order chi connectivity index (χ0) is 7.98. The molecule has 0 aliphatic heterocycles. The van der Waals surface area contributed by atoms with Gasteiger partial charge in [0.25, 0.3) is 0 Å². The molecule has 0 aliphatic carbocycles. The largest absolute Gasteiger partial charge is 0.432 e. The smallest absolute Gasteiger partial charge is 0.189 e. The highest BCUT2D eigenvalue weighted by Crippen LogP contribution is 2.00. The minimum Gasteiger partial charge on any atom is -0.432 e. The number of hydrogen-bond donors (Lipinski definition) is 1. The first kappa shape index (κ1) is 9.87. The highest BCUT2D eigenvalue weighted by molar-refractivity contribution is 14.1. The fourth-order valence-corrected chi connectivity index (χ4v) is 0.616. The Kier molecular flexibility index (Phi) is 5.57. The van der Waals surface area contributed by atoms with Crippen LogP contribution in [-0.2, 0) is 4.74 Å². The molecule has 0 radical (unpaired) electrons. The molecule has 0 spiro atoms. The van der Waals surface area contributed by atoms with Gasteiger partial charge in [-0.25, -0.2) is 0 Å². The fourth-order valence-electron chi connectivity index (χ4n) is 0.502. The van der Waals surface area contributed by atoms with Crippen LogP contribution in [0, 0.1) is 11.3 Å². The molecule has 3 nitrogen and oxygen atoms in total. The lowest BCUT2D eigenvalue weighted by Crippen LogP contribution is -2.04. The summed E-state index contributed by atoms with van der Waals surface area (Å²) in [5.74, 6) is 0.741. The average molecular weight is 254 g/mol. The maximum Gasteiger partial charge on any atom is 0.189 e. The van der Waals surface area contributed by atoms with Gasteiger partial charge in [0, 0.05) is 6.42 Å². The van der Waals surface area contributed by atoms with E-state index in [1.165, 1.54) is 6.40 Å². The van der Waals surface area contributed by atoms with Gasteiger partial charge in [-0.15, -0.1) is 0 Å². The number of rotatable bonds is 3. The Balaban J connectivity index is 3.44. The van der Waals surface area contributed by atoms with Crippen molar-refractivity contribution in [2.45, 2.75) is 20.3 Å². The molecule has 58 valence electrons. The third-order valence-electron chi connectivity index (χ3n) is 0.828. The van der Waals surface area contributed by atoms with E-state index >= 15 is 0 Å². The zero-order valence-electron chi connectivity index (χ0n) is 6.10. The molecule has 4 heteroatoms. The van der Waals surface area contributed by atoms with Crippen molar-refractivity contribution in [1.29, 1.82) is 5.41 Å². The highest BCUT2D eigenvalue weighted by Gasteiger charge is 1.99. The monoisotopic (exact) mass is 254 g/mol. The maximum atomic E-state index is 7.21. The number of nitrogens with one attached hydrogen (secondary N) is 1. The summed E-state index contributed by atoms with van der Waals surface area (Å²) in [6, 6.07) is 0. The minimum atomic E-state index is 0.274. The molecular formula is C6H11IN2O. The quantitative estimate of drug-likeness (QED) is 0.469. The van der Waals surface area contributed by atoms with Crippen molar-refractivity contribution in [2.24, 2.45) is 9.12 Å². The third kappa shape index (κ3) is 6.00. The van der Waals surface area contributed by atoms with E-state index in [2.05, 4.69) is 3.21 Å². The number of hydrogen-bond acceptors (Lipinski definition) is 3. The molecular weight excluding hydrogens is 243 g/mol. The molecule has 0 amide bonds. The Bertz CT molecular complexity index is 134. The van der Waals surface area contributed by atoms with Crippen LogP contribution in [0.3, 0.4) is 0 Å². The van der Waals surface area contributed by atoms with E-state index < -0.39 is 0 Å². The van der Waals surface area contributed by atoms with E-state index in [0.29, 0.717) is 12.3 Å². The van der Waals surface area contributed by atoms with Crippen molar-refractivity contribution in [3.63, 3.8) is 0 Å². The topological polar surface area (TPSA) is 45.4 Å². The first-order chi connectivity index (χ1) is 4.66. The van der Waals surface area contributed by atoms with Gasteiger partial charge in [0.2, 0.25) is 0 Å². The number of halogens is 1. The Morgan fingerprint density at radius 1 is 1.80 bits per heavy atom. The van der Waals surface area contributed by atoms with Crippen molar-refractivity contribution in [3.8, 4) is 0 Å². The average Bonchev–Trinajstić information content (AvgIpc) is 1.82. The van der Waals surface area contributed by atoms with Gasteiger partial charge in [0.05, 0.1) is 22.9 Å². The van der Waals surface area contributed by atoms with E-state index in [4.69, 9.17) is 10.1 Å². The Morgan fingerprint density at radius 2 is 2.40 bits per heavy atom. The van der Waals surface area contributed by atoms with E-state index in [0.717, 1.165) is 0 Å². The SMILES string of the molecule is CC(C)CC(=N)OC=NI. The van der Waals surface area contributed by atoms with Crippen molar-refractivity contribution < 1.29 is 4.74 Å². The van der Waals surface area contributed by atoms with Crippen LogP contribution in [-0.4, -0.2) is 12.3 Å². The summed E-state index contributed by atoms with van der Waals surface area (Å²) >= 11 is 1.80. The molecule has 0 bridgehead atoms. The summed E-state index contributed by atoms with van der Waals surface area (Å²) in [6.45, 7) is 4.08. The molecule has 0 heterocycles. The van der Waals surface area contributed by atoms with Crippen LogP contribution in [0.15, 0.2) is 3.21 Å². The second-order valence-corrected chi connectivity index (χ2v) is 2.90. The number of nitrogens with zero attached hydrogens (tertiary/aromatic N) is 1. The molecule has 0 rings (SSSR count). The lowest BCUT2D eigenvalue weighted by molar-refractivity contribution is 0.514. The predicted molar refractivity (Wildman–Crippen MR) is 50.8 cm³/mol. The molecule has 0 fully saturated rings. The molecule has 10 heavy (non-hydrogen) atoms. The maximum absolute atomic E-state index is 7.21. The summed E-state index contributed by atoms with van der Waals surface area (Å²) < 4.78 is 8.35. The normalized spacial score (nSPS) is 10.8. The molecule has 0 atom stereocenters. The van der Waals surface area contributed by atoms with Crippen LogP contribution in [0.4, 0.5) is 0 Å². The van der Waals surface area contributed by atoms with Gasteiger partial charge in [-0.2, -0.15) is 3.21 Å². The van der Waals surface area contributed by atoms with E-state index in [9.17, 15) is 0 Å². The van der Waals surface area contributed by atoms with Gasteiger partial charge >= 0.3 is 0 Å².